The first kappa shape index (κ1) is 26.9. The van der Waals surface area contributed by atoms with Gasteiger partial charge in [-0.2, -0.15) is 0 Å². The van der Waals surface area contributed by atoms with E-state index in [0.717, 1.165) is 37.3 Å². The summed E-state index contributed by atoms with van der Waals surface area (Å²) in [5.74, 6) is -2.01. The zero-order valence-corrected chi connectivity index (χ0v) is 18.2. The van der Waals surface area contributed by atoms with Crippen molar-refractivity contribution >= 4 is 11.9 Å². The number of esters is 2. The molecule has 1 saturated heterocycles. The van der Waals surface area contributed by atoms with E-state index in [9.17, 15) is 9.59 Å². The highest BCUT2D eigenvalue weighted by Crippen LogP contribution is 2.33. The standard InChI is InChI=1S/C16H20O3.C6H18N4/c1-5-8-11(4)12(9-6-2)14-13(10-7-3)15(17)19-16(14)18;7-1-3-9-5-6-10-4-2-8/h5-10,13-14H,1-4H3;9-10H,1-8H2/b8-5+,9-6+,10-7+,12-11-;. The Bertz CT molecular complexity index is 601. The summed E-state index contributed by atoms with van der Waals surface area (Å²) in [5, 5.41) is 6.33. The Morgan fingerprint density at radius 2 is 1.45 bits per heavy atom. The van der Waals surface area contributed by atoms with Crippen molar-refractivity contribution in [2.24, 2.45) is 23.3 Å². The highest BCUT2D eigenvalue weighted by atomic mass is 16.6. The molecule has 0 aromatic rings. The number of ether oxygens (including phenoxy) is 1. The van der Waals surface area contributed by atoms with Crippen molar-refractivity contribution in [2.75, 3.05) is 39.3 Å². The Morgan fingerprint density at radius 1 is 0.897 bits per heavy atom. The molecule has 6 N–H and O–H groups in total. The number of nitrogens with one attached hydrogen (secondary N) is 2. The van der Waals surface area contributed by atoms with E-state index in [1.165, 1.54) is 0 Å². The fraction of sp³-hybridized carbons (Fsp3) is 0.545. The van der Waals surface area contributed by atoms with Crippen LogP contribution in [0.5, 0.6) is 0 Å². The van der Waals surface area contributed by atoms with Gasteiger partial charge in [-0.05, 0) is 38.8 Å². The first-order valence-corrected chi connectivity index (χ1v) is 10.1. The molecule has 1 rings (SSSR count). The van der Waals surface area contributed by atoms with Crippen molar-refractivity contribution < 1.29 is 14.3 Å². The molecule has 0 amide bonds. The highest BCUT2D eigenvalue weighted by Gasteiger charge is 2.44. The number of hydrogen-bond donors (Lipinski definition) is 4. The molecule has 2 atom stereocenters. The average Bonchev–Trinajstić information content (AvgIpc) is 2.97. The third-order valence-corrected chi connectivity index (χ3v) is 4.16. The summed E-state index contributed by atoms with van der Waals surface area (Å²) < 4.78 is 4.77. The maximum Gasteiger partial charge on any atom is 0.322 e. The van der Waals surface area contributed by atoms with Crippen molar-refractivity contribution in [1.29, 1.82) is 0 Å². The summed E-state index contributed by atoms with van der Waals surface area (Å²) in [4.78, 5) is 23.6. The van der Waals surface area contributed by atoms with Crippen molar-refractivity contribution in [3.63, 3.8) is 0 Å². The molecule has 7 nitrogen and oxygen atoms in total. The number of cyclic esters (lactones) is 2. The molecule has 164 valence electrons. The smallest absolute Gasteiger partial charge is 0.322 e. The van der Waals surface area contributed by atoms with Crippen LogP contribution in [0.3, 0.4) is 0 Å². The number of allylic oxidation sites excluding steroid dienone is 6. The van der Waals surface area contributed by atoms with E-state index in [0.29, 0.717) is 13.1 Å². The second-order valence-corrected chi connectivity index (χ2v) is 6.49. The molecule has 0 radical (unpaired) electrons. The molecule has 0 saturated carbocycles. The van der Waals surface area contributed by atoms with E-state index in [2.05, 4.69) is 10.6 Å². The van der Waals surface area contributed by atoms with Crippen LogP contribution in [0.15, 0.2) is 47.6 Å². The van der Waals surface area contributed by atoms with Crippen molar-refractivity contribution in [2.45, 2.75) is 27.7 Å². The van der Waals surface area contributed by atoms with E-state index in [-0.39, 0.29) is 0 Å². The number of nitrogens with two attached hydrogens (primary N) is 2. The van der Waals surface area contributed by atoms with Gasteiger partial charge in [0.25, 0.3) is 0 Å². The lowest BCUT2D eigenvalue weighted by atomic mass is 9.84. The summed E-state index contributed by atoms with van der Waals surface area (Å²) in [6.45, 7) is 12.7. The van der Waals surface area contributed by atoms with Gasteiger partial charge in [0.15, 0.2) is 0 Å². The Balaban J connectivity index is 0.000000665. The number of carbonyl (C=O) groups excluding carboxylic acids is 2. The lowest BCUT2D eigenvalue weighted by molar-refractivity contribution is -0.153. The minimum Gasteiger partial charge on any atom is -0.392 e. The molecule has 1 aliphatic heterocycles. The Morgan fingerprint density at radius 3 is 1.90 bits per heavy atom. The van der Waals surface area contributed by atoms with Gasteiger partial charge < -0.3 is 26.8 Å². The quantitative estimate of drug-likeness (QED) is 0.135. The van der Waals surface area contributed by atoms with Crippen LogP contribution in [0.2, 0.25) is 0 Å². The minimum atomic E-state index is -0.545. The lowest BCUT2D eigenvalue weighted by Gasteiger charge is -2.14. The number of rotatable bonds is 11. The molecule has 0 bridgehead atoms. The van der Waals surface area contributed by atoms with Crippen LogP contribution in [0.4, 0.5) is 0 Å². The predicted octanol–water partition coefficient (Wildman–Crippen LogP) is 1.43. The Labute approximate surface area is 175 Å². The zero-order chi connectivity index (χ0) is 22.1. The van der Waals surface area contributed by atoms with Gasteiger partial charge >= 0.3 is 11.9 Å². The first-order valence-electron chi connectivity index (χ1n) is 10.1. The normalized spacial score (nSPS) is 20.3. The van der Waals surface area contributed by atoms with Gasteiger partial charge in [0.05, 0.1) is 11.8 Å². The van der Waals surface area contributed by atoms with Crippen LogP contribution in [0, 0.1) is 11.8 Å². The SMILES string of the molecule is C/C=C/C(C)=C(/C=C/C)C1C(=O)OC(=O)C1/C=C/C.NCCNCCNCCN. The Hall–Kier alpha value is -2.06. The largest absolute Gasteiger partial charge is 0.392 e. The second-order valence-electron chi connectivity index (χ2n) is 6.49. The lowest BCUT2D eigenvalue weighted by Crippen LogP contribution is -2.32. The van der Waals surface area contributed by atoms with Gasteiger partial charge in [0.2, 0.25) is 0 Å². The molecule has 7 heteroatoms. The van der Waals surface area contributed by atoms with E-state index >= 15 is 0 Å². The summed E-state index contributed by atoms with van der Waals surface area (Å²) >= 11 is 0. The van der Waals surface area contributed by atoms with Gasteiger partial charge in [0, 0.05) is 39.3 Å². The van der Waals surface area contributed by atoms with E-state index in [4.69, 9.17) is 16.2 Å². The summed E-state index contributed by atoms with van der Waals surface area (Å²) in [6, 6.07) is 0. The number of carbonyl (C=O) groups is 2. The first-order chi connectivity index (χ1) is 14.0. The maximum atomic E-state index is 11.9. The molecular formula is C22H38N4O3. The monoisotopic (exact) mass is 406 g/mol. The van der Waals surface area contributed by atoms with Crippen LogP contribution < -0.4 is 22.1 Å². The zero-order valence-electron chi connectivity index (χ0n) is 18.2. The van der Waals surface area contributed by atoms with Crippen molar-refractivity contribution in [3.05, 3.63) is 47.6 Å². The average molecular weight is 407 g/mol. The Kier molecular flexibility index (Phi) is 15.7. The van der Waals surface area contributed by atoms with Gasteiger partial charge in [-0.15, -0.1) is 0 Å². The second kappa shape index (κ2) is 16.9. The van der Waals surface area contributed by atoms with Gasteiger partial charge in [0.1, 0.15) is 0 Å². The van der Waals surface area contributed by atoms with Gasteiger partial charge in [-0.1, -0.05) is 36.5 Å². The van der Waals surface area contributed by atoms with Crippen LogP contribution in [-0.2, 0) is 14.3 Å². The summed E-state index contributed by atoms with van der Waals surface area (Å²) in [7, 11) is 0. The molecule has 1 aliphatic rings. The minimum absolute atomic E-state index is 0.468. The van der Waals surface area contributed by atoms with Gasteiger partial charge in [-0.3, -0.25) is 9.59 Å². The third-order valence-electron chi connectivity index (χ3n) is 4.16. The fourth-order valence-corrected chi connectivity index (χ4v) is 2.87. The molecule has 0 aliphatic carbocycles. The van der Waals surface area contributed by atoms with Crippen LogP contribution >= 0.6 is 0 Å². The van der Waals surface area contributed by atoms with Gasteiger partial charge in [-0.25, -0.2) is 0 Å². The molecule has 1 fully saturated rings. The molecule has 1 heterocycles. The predicted molar refractivity (Wildman–Crippen MR) is 119 cm³/mol. The molecule has 0 aromatic carbocycles. The molecule has 0 aromatic heterocycles. The fourth-order valence-electron chi connectivity index (χ4n) is 2.87. The molecule has 0 spiro atoms. The maximum absolute atomic E-state index is 11.9. The third kappa shape index (κ3) is 10.3. The van der Waals surface area contributed by atoms with Crippen molar-refractivity contribution in [3.8, 4) is 0 Å². The molecule has 2 unspecified atom stereocenters. The van der Waals surface area contributed by atoms with E-state index in [1.807, 2.05) is 52.0 Å². The highest BCUT2D eigenvalue weighted by molar-refractivity contribution is 5.99. The summed E-state index contributed by atoms with van der Waals surface area (Å²) in [6.07, 6.45) is 11.1. The summed E-state index contributed by atoms with van der Waals surface area (Å²) in [5.41, 5.74) is 12.3. The molecular weight excluding hydrogens is 368 g/mol. The van der Waals surface area contributed by atoms with Crippen LogP contribution in [-0.4, -0.2) is 51.2 Å². The molecule has 29 heavy (non-hydrogen) atoms. The van der Waals surface area contributed by atoms with Crippen LogP contribution in [0.1, 0.15) is 27.7 Å². The topological polar surface area (TPSA) is 119 Å². The van der Waals surface area contributed by atoms with Crippen LogP contribution in [0.25, 0.3) is 0 Å². The van der Waals surface area contributed by atoms with E-state index < -0.39 is 23.8 Å². The number of hydrogen-bond acceptors (Lipinski definition) is 7. The van der Waals surface area contributed by atoms with Crippen molar-refractivity contribution in [1.82, 2.24) is 10.6 Å². The van der Waals surface area contributed by atoms with E-state index in [1.54, 1.807) is 12.2 Å².